The molecule has 2 aromatic carbocycles. The molecular weight excluding hydrogens is 405 g/mol. The van der Waals surface area contributed by atoms with Gasteiger partial charge in [-0.2, -0.15) is 4.31 Å². The first-order valence-electron chi connectivity index (χ1n) is 10.2. The average Bonchev–Trinajstić information content (AvgIpc) is 2.70. The lowest BCUT2D eigenvalue weighted by Gasteiger charge is -2.34. The minimum Gasteiger partial charge on any atom is -0.338 e. The van der Waals surface area contributed by atoms with Gasteiger partial charge < -0.3 is 10.6 Å². The molecule has 1 atom stereocenters. The Morgan fingerprint density at radius 2 is 1.97 bits per heavy atom. The van der Waals surface area contributed by atoms with Crippen molar-refractivity contribution in [1.29, 1.82) is 0 Å². The Hall–Kier alpha value is -2.45. The van der Waals surface area contributed by atoms with E-state index in [4.69, 9.17) is 0 Å². The molecule has 30 heavy (non-hydrogen) atoms. The number of carbonyl (C=O) groups excluding carboxylic acids is 1. The van der Waals surface area contributed by atoms with Crippen molar-refractivity contribution in [2.75, 3.05) is 18.4 Å². The van der Waals surface area contributed by atoms with Gasteiger partial charge >= 0.3 is 6.03 Å². The van der Waals surface area contributed by atoms with Crippen LogP contribution in [-0.2, 0) is 10.0 Å². The molecule has 0 saturated carbocycles. The van der Waals surface area contributed by atoms with Crippen LogP contribution in [0.3, 0.4) is 0 Å². The molecular formula is C22H28FN3O3S. The number of aryl methyl sites for hydroxylation is 2. The largest absolute Gasteiger partial charge is 0.338 e. The number of nitrogens with zero attached hydrogens (tertiary/aromatic N) is 1. The number of nitrogens with one attached hydrogen (secondary N) is 2. The fraction of sp³-hybridized carbons (Fsp3) is 0.409. The van der Waals surface area contributed by atoms with E-state index in [1.807, 2.05) is 31.2 Å². The van der Waals surface area contributed by atoms with Crippen molar-refractivity contribution in [2.24, 2.45) is 0 Å². The molecule has 2 aromatic rings. The number of carbonyl (C=O) groups is 1. The molecule has 6 nitrogen and oxygen atoms in total. The molecule has 1 fully saturated rings. The number of urea groups is 1. The molecule has 0 unspecified atom stereocenters. The zero-order valence-electron chi connectivity index (χ0n) is 17.3. The van der Waals surface area contributed by atoms with Crippen LogP contribution >= 0.6 is 0 Å². The fourth-order valence-electron chi connectivity index (χ4n) is 3.74. The average molecular weight is 434 g/mol. The van der Waals surface area contributed by atoms with Crippen LogP contribution in [-0.4, -0.2) is 37.9 Å². The van der Waals surface area contributed by atoms with Gasteiger partial charge in [-0.25, -0.2) is 17.6 Å². The second-order valence-electron chi connectivity index (χ2n) is 7.72. The third kappa shape index (κ3) is 5.37. The van der Waals surface area contributed by atoms with E-state index in [-0.39, 0.29) is 17.0 Å². The van der Waals surface area contributed by atoms with Crippen molar-refractivity contribution in [3.63, 3.8) is 0 Å². The Bertz CT molecular complexity index is 1010. The summed E-state index contributed by atoms with van der Waals surface area (Å²) in [5.74, 6) is -0.423. The number of halogens is 1. The standard InChI is InChI=1S/C22H28FN3O3S/c1-16-6-5-7-18(14-16)25-22(27)24-12-11-19-8-3-4-13-26(19)30(28,29)20-9-10-21(23)17(2)15-20/h5-7,9-10,14-15,19H,3-4,8,11-13H2,1-2H3,(H2,24,25,27)/t19-/m1/s1. The number of benzene rings is 2. The quantitative estimate of drug-likeness (QED) is 0.717. The van der Waals surface area contributed by atoms with Crippen LogP contribution in [0.5, 0.6) is 0 Å². The van der Waals surface area contributed by atoms with Gasteiger partial charge in [0, 0.05) is 24.8 Å². The van der Waals surface area contributed by atoms with Gasteiger partial charge in [0.25, 0.3) is 0 Å². The summed E-state index contributed by atoms with van der Waals surface area (Å²) in [6, 6.07) is 10.9. The van der Waals surface area contributed by atoms with Gasteiger partial charge in [-0.05, 0) is 74.6 Å². The molecule has 1 aliphatic heterocycles. The SMILES string of the molecule is Cc1cccc(NC(=O)NCC[C@H]2CCCCN2S(=O)(=O)c2ccc(F)c(C)c2)c1. The number of rotatable bonds is 6. The van der Waals surface area contributed by atoms with Crippen LogP contribution in [0.2, 0.25) is 0 Å². The molecule has 2 amide bonds. The van der Waals surface area contributed by atoms with Crippen LogP contribution in [0.15, 0.2) is 47.4 Å². The normalized spacial score (nSPS) is 17.5. The van der Waals surface area contributed by atoms with E-state index in [0.717, 1.165) is 24.8 Å². The van der Waals surface area contributed by atoms with Gasteiger partial charge in [-0.1, -0.05) is 18.6 Å². The number of hydrogen-bond donors (Lipinski definition) is 2. The van der Waals surface area contributed by atoms with Crippen molar-refractivity contribution in [3.8, 4) is 0 Å². The van der Waals surface area contributed by atoms with Gasteiger partial charge in [0.05, 0.1) is 4.90 Å². The minimum absolute atomic E-state index is 0.110. The van der Waals surface area contributed by atoms with Gasteiger partial charge in [0.2, 0.25) is 10.0 Å². The highest BCUT2D eigenvalue weighted by atomic mass is 32.2. The van der Waals surface area contributed by atoms with E-state index in [0.29, 0.717) is 30.8 Å². The summed E-state index contributed by atoms with van der Waals surface area (Å²) in [5.41, 5.74) is 2.06. The van der Waals surface area contributed by atoms with E-state index in [2.05, 4.69) is 10.6 Å². The monoisotopic (exact) mass is 433 g/mol. The maximum atomic E-state index is 13.6. The third-order valence-electron chi connectivity index (χ3n) is 5.35. The van der Waals surface area contributed by atoms with Crippen molar-refractivity contribution >= 4 is 21.7 Å². The second-order valence-corrected chi connectivity index (χ2v) is 9.61. The van der Waals surface area contributed by atoms with E-state index in [9.17, 15) is 17.6 Å². The predicted octanol–water partition coefficient (Wildman–Crippen LogP) is 4.20. The summed E-state index contributed by atoms with van der Waals surface area (Å²) in [6.07, 6.45) is 2.98. The molecule has 0 aromatic heterocycles. The van der Waals surface area contributed by atoms with E-state index in [1.54, 1.807) is 6.92 Å². The van der Waals surface area contributed by atoms with Crippen LogP contribution in [0.1, 0.15) is 36.8 Å². The number of sulfonamides is 1. The van der Waals surface area contributed by atoms with Crippen molar-refractivity contribution in [1.82, 2.24) is 9.62 Å². The molecule has 0 aliphatic carbocycles. The lowest BCUT2D eigenvalue weighted by molar-refractivity contribution is 0.234. The Balaban J connectivity index is 1.61. The Morgan fingerprint density at radius 1 is 1.17 bits per heavy atom. The number of anilines is 1. The molecule has 0 bridgehead atoms. The van der Waals surface area contributed by atoms with Crippen LogP contribution in [0, 0.1) is 19.7 Å². The first kappa shape index (κ1) is 22.2. The molecule has 1 heterocycles. The smallest absolute Gasteiger partial charge is 0.319 e. The second kappa shape index (κ2) is 9.57. The van der Waals surface area contributed by atoms with Gasteiger partial charge in [-0.3, -0.25) is 0 Å². The van der Waals surface area contributed by atoms with Crippen molar-refractivity contribution in [2.45, 2.75) is 50.5 Å². The Morgan fingerprint density at radius 3 is 2.70 bits per heavy atom. The minimum atomic E-state index is -3.72. The fourth-order valence-corrected chi connectivity index (χ4v) is 5.55. The molecule has 3 rings (SSSR count). The topological polar surface area (TPSA) is 78.5 Å². The van der Waals surface area contributed by atoms with E-state index in [1.165, 1.54) is 22.5 Å². The van der Waals surface area contributed by atoms with Crippen molar-refractivity contribution < 1.29 is 17.6 Å². The highest BCUT2D eigenvalue weighted by molar-refractivity contribution is 7.89. The zero-order valence-corrected chi connectivity index (χ0v) is 18.1. The van der Waals surface area contributed by atoms with Crippen LogP contribution in [0.4, 0.5) is 14.9 Å². The van der Waals surface area contributed by atoms with Gasteiger partial charge in [0.15, 0.2) is 0 Å². The zero-order chi connectivity index (χ0) is 21.7. The van der Waals surface area contributed by atoms with Crippen LogP contribution < -0.4 is 10.6 Å². The maximum Gasteiger partial charge on any atom is 0.319 e. The van der Waals surface area contributed by atoms with Gasteiger partial charge in [-0.15, -0.1) is 0 Å². The predicted molar refractivity (Wildman–Crippen MR) is 115 cm³/mol. The maximum absolute atomic E-state index is 13.6. The highest BCUT2D eigenvalue weighted by Gasteiger charge is 2.33. The molecule has 1 aliphatic rings. The number of amides is 2. The van der Waals surface area contributed by atoms with E-state index < -0.39 is 15.8 Å². The van der Waals surface area contributed by atoms with Crippen molar-refractivity contribution in [3.05, 3.63) is 59.4 Å². The number of piperidine rings is 1. The highest BCUT2D eigenvalue weighted by Crippen LogP contribution is 2.27. The lowest BCUT2D eigenvalue weighted by atomic mass is 10.0. The molecule has 0 spiro atoms. The molecule has 2 N–H and O–H groups in total. The summed E-state index contributed by atoms with van der Waals surface area (Å²) in [5, 5.41) is 5.59. The first-order valence-corrected chi connectivity index (χ1v) is 11.6. The van der Waals surface area contributed by atoms with Crippen LogP contribution in [0.25, 0.3) is 0 Å². The number of hydrogen-bond acceptors (Lipinski definition) is 3. The Kier molecular flexibility index (Phi) is 7.10. The molecule has 1 saturated heterocycles. The summed E-state index contributed by atoms with van der Waals surface area (Å²) < 4.78 is 41.3. The molecule has 0 radical (unpaired) electrons. The lowest BCUT2D eigenvalue weighted by Crippen LogP contribution is -2.45. The summed E-state index contributed by atoms with van der Waals surface area (Å²) in [6.45, 7) is 4.29. The Labute approximate surface area is 177 Å². The summed E-state index contributed by atoms with van der Waals surface area (Å²) in [7, 11) is -3.72. The summed E-state index contributed by atoms with van der Waals surface area (Å²) >= 11 is 0. The molecule has 8 heteroatoms. The molecule has 162 valence electrons. The first-order chi connectivity index (χ1) is 14.3. The van der Waals surface area contributed by atoms with E-state index >= 15 is 0 Å². The van der Waals surface area contributed by atoms with Gasteiger partial charge in [0.1, 0.15) is 5.82 Å². The third-order valence-corrected chi connectivity index (χ3v) is 7.30. The summed E-state index contributed by atoms with van der Waals surface area (Å²) in [4.78, 5) is 12.3.